The first-order chi connectivity index (χ1) is 10.0. The van der Waals surface area contributed by atoms with Crippen LogP contribution in [0.15, 0.2) is 57.9 Å². The van der Waals surface area contributed by atoms with E-state index in [4.69, 9.17) is 0 Å². The van der Waals surface area contributed by atoms with Gasteiger partial charge in [-0.15, -0.1) is 11.8 Å². The SMILES string of the molecule is Cc1ccc(SCC(=O)NC(C)c2ccc(Br)cc2)cc1. The van der Waals surface area contributed by atoms with Gasteiger partial charge in [-0.1, -0.05) is 45.8 Å². The maximum absolute atomic E-state index is 12.0. The molecule has 1 N–H and O–H groups in total. The minimum absolute atomic E-state index is 0.0178. The zero-order valence-corrected chi connectivity index (χ0v) is 14.5. The number of halogens is 1. The van der Waals surface area contributed by atoms with Gasteiger partial charge in [-0.3, -0.25) is 4.79 Å². The summed E-state index contributed by atoms with van der Waals surface area (Å²) in [5, 5.41) is 3.02. The molecule has 0 aliphatic rings. The summed E-state index contributed by atoms with van der Waals surface area (Å²) in [4.78, 5) is 13.1. The number of carbonyl (C=O) groups excluding carboxylic acids is 1. The second-order valence-electron chi connectivity index (χ2n) is 4.94. The van der Waals surface area contributed by atoms with Crippen LogP contribution in [0, 0.1) is 6.92 Å². The quantitative estimate of drug-likeness (QED) is 0.778. The Labute approximate surface area is 138 Å². The topological polar surface area (TPSA) is 29.1 Å². The van der Waals surface area contributed by atoms with Gasteiger partial charge in [0.05, 0.1) is 11.8 Å². The predicted molar refractivity (Wildman–Crippen MR) is 92.6 cm³/mol. The number of benzene rings is 2. The molecular formula is C17H18BrNOS. The Morgan fingerprint density at radius 3 is 2.38 bits per heavy atom. The number of carbonyl (C=O) groups is 1. The fourth-order valence-corrected chi connectivity index (χ4v) is 2.88. The molecule has 0 aliphatic carbocycles. The lowest BCUT2D eigenvalue weighted by Gasteiger charge is -2.14. The van der Waals surface area contributed by atoms with Gasteiger partial charge in [-0.25, -0.2) is 0 Å². The monoisotopic (exact) mass is 363 g/mol. The van der Waals surface area contributed by atoms with Crippen LogP contribution in [-0.2, 0) is 4.79 Å². The van der Waals surface area contributed by atoms with E-state index in [1.165, 1.54) is 5.56 Å². The Bertz CT molecular complexity index is 595. The summed E-state index contributed by atoms with van der Waals surface area (Å²) in [5.41, 5.74) is 2.33. The molecule has 0 radical (unpaired) electrons. The lowest BCUT2D eigenvalue weighted by Crippen LogP contribution is -2.28. The average Bonchev–Trinajstić information content (AvgIpc) is 2.47. The van der Waals surface area contributed by atoms with E-state index < -0.39 is 0 Å². The number of nitrogens with one attached hydrogen (secondary N) is 1. The van der Waals surface area contributed by atoms with Gasteiger partial charge >= 0.3 is 0 Å². The predicted octanol–water partition coefficient (Wildman–Crippen LogP) is 4.73. The van der Waals surface area contributed by atoms with Crippen LogP contribution >= 0.6 is 27.7 Å². The Kier molecular flexibility index (Phi) is 5.88. The van der Waals surface area contributed by atoms with Crippen LogP contribution in [0.5, 0.6) is 0 Å². The van der Waals surface area contributed by atoms with E-state index in [2.05, 4.69) is 40.3 Å². The van der Waals surface area contributed by atoms with Gasteiger partial charge in [0, 0.05) is 9.37 Å². The van der Waals surface area contributed by atoms with E-state index in [1.807, 2.05) is 43.3 Å². The third-order valence-corrected chi connectivity index (χ3v) is 4.68. The molecule has 2 nitrogen and oxygen atoms in total. The number of hydrogen-bond donors (Lipinski definition) is 1. The molecule has 0 aliphatic heterocycles. The largest absolute Gasteiger partial charge is 0.349 e. The molecule has 0 fully saturated rings. The third kappa shape index (κ3) is 5.21. The third-order valence-electron chi connectivity index (χ3n) is 3.14. The summed E-state index contributed by atoms with van der Waals surface area (Å²) in [6, 6.07) is 16.2. The molecule has 1 unspecified atom stereocenters. The maximum Gasteiger partial charge on any atom is 0.230 e. The molecule has 2 aromatic rings. The standard InChI is InChI=1S/C17H18BrNOS/c1-12-3-9-16(10-4-12)21-11-17(20)19-13(2)14-5-7-15(18)8-6-14/h3-10,13H,11H2,1-2H3,(H,19,20). The van der Waals surface area contributed by atoms with Crippen molar-refractivity contribution in [3.63, 3.8) is 0 Å². The molecule has 0 saturated carbocycles. The van der Waals surface area contributed by atoms with E-state index in [9.17, 15) is 4.79 Å². The van der Waals surface area contributed by atoms with Gasteiger partial charge in [0.25, 0.3) is 0 Å². The van der Waals surface area contributed by atoms with Crippen LogP contribution < -0.4 is 5.32 Å². The average molecular weight is 364 g/mol. The van der Waals surface area contributed by atoms with Crippen LogP contribution in [0.1, 0.15) is 24.1 Å². The molecule has 0 heterocycles. The van der Waals surface area contributed by atoms with Crippen molar-refractivity contribution in [2.45, 2.75) is 24.8 Å². The van der Waals surface area contributed by atoms with E-state index in [1.54, 1.807) is 11.8 Å². The van der Waals surface area contributed by atoms with Crippen LogP contribution in [-0.4, -0.2) is 11.7 Å². The summed E-state index contributed by atoms with van der Waals surface area (Å²) in [6.45, 7) is 4.05. The van der Waals surface area contributed by atoms with Crippen molar-refractivity contribution in [3.05, 3.63) is 64.1 Å². The van der Waals surface area contributed by atoms with E-state index in [0.717, 1.165) is 14.9 Å². The Morgan fingerprint density at radius 2 is 1.76 bits per heavy atom. The second kappa shape index (κ2) is 7.66. The summed E-state index contributed by atoms with van der Waals surface area (Å²) in [7, 11) is 0. The molecule has 0 spiro atoms. The van der Waals surface area contributed by atoms with Crippen LogP contribution in [0.2, 0.25) is 0 Å². The summed E-state index contributed by atoms with van der Waals surface area (Å²) >= 11 is 4.97. The van der Waals surface area contributed by atoms with Crippen molar-refractivity contribution in [2.24, 2.45) is 0 Å². The molecule has 4 heteroatoms. The molecular weight excluding hydrogens is 346 g/mol. The number of aryl methyl sites for hydroxylation is 1. The maximum atomic E-state index is 12.0. The first kappa shape index (κ1) is 16.1. The number of rotatable bonds is 5. The molecule has 21 heavy (non-hydrogen) atoms. The Hall–Kier alpha value is -1.26. The van der Waals surface area contributed by atoms with E-state index in [-0.39, 0.29) is 11.9 Å². The lowest BCUT2D eigenvalue weighted by molar-refractivity contribution is -0.119. The van der Waals surface area contributed by atoms with Crippen molar-refractivity contribution in [2.75, 3.05) is 5.75 Å². The highest BCUT2D eigenvalue weighted by Crippen LogP contribution is 2.19. The normalized spacial score (nSPS) is 12.0. The minimum Gasteiger partial charge on any atom is -0.349 e. The van der Waals surface area contributed by atoms with Gasteiger partial charge in [-0.2, -0.15) is 0 Å². The highest BCUT2D eigenvalue weighted by molar-refractivity contribution is 9.10. The van der Waals surface area contributed by atoms with Crippen LogP contribution in [0.4, 0.5) is 0 Å². The summed E-state index contributed by atoms with van der Waals surface area (Å²) < 4.78 is 1.04. The Morgan fingerprint density at radius 1 is 1.14 bits per heavy atom. The molecule has 2 rings (SSSR count). The zero-order valence-electron chi connectivity index (χ0n) is 12.1. The van der Waals surface area contributed by atoms with Gasteiger partial charge < -0.3 is 5.32 Å². The minimum atomic E-state index is 0.0178. The van der Waals surface area contributed by atoms with Crippen molar-refractivity contribution < 1.29 is 4.79 Å². The molecule has 1 atom stereocenters. The van der Waals surface area contributed by atoms with E-state index >= 15 is 0 Å². The van der Waals surface area contributed by atoms with Gasteiger partial charge in [-0.05, 0) is 43.7 Å². The van der Waals surface area contributed by atoms with Gasteiger partial charge in [0.2, 0.25) is 5.91 Å². The number of hydrogen-bond acceptors (Lipinski definition) is 2. The highest BCUT2D eigenvalue weighted by atomic mass is 79.9. The van der Waals surface area contributed by atoms with E-state index in [0.29, 0.717) is 5.75 Å². The molecule has 0 aromatic heterocycles. The Balaban J connectivity index is 1.83. The van der Waals surface area contributed by atoms with Crippen LogP contribution in [0.3, 0.4) is 0 Å². The van der Waals surface area contributed by atoms with Crippen molar-refractivity contribution in [3.8, 4) is 0 Å². The van der Waals surface area contributed by atoms with Gasteiger partial charge in [0.15, 0.2) is 0 Å². The van der Waals surface area contributed by atoms with Crippen LogP contribution in [0.25, 0.3) is 0 Å². The smallest absolute Gasteiger partial charge is 0.230 e. The highest BCUT2D eigenvalue weighted by Gasteiger charge is 2.09. The van der Waals surface area contributed by atoms with Crippen molar-refractivity contribution in [1.29, 1.82) is 0 Å². The first-order valence-corrected chi connectivity index (χ1v) is 8.57. The molecule has 1 amide bonds. The zero-order chi connectivity index (χ0) is 15.2. The van der Waals surface area contributed by atoms with Crippen molar-refractivity contribution in [1.82, 2.24) is 5.32 Å². The first-order valence-electron chi connectivity index (χ1n) is 6.79. The molecule has 110 valence electrons. The molecule has 2 aromatic carbocycles. The fourth-order valence-electron chi connectivity index (χ4n) is 1.90. The lowest BCUT2D eigenvalue weighted by atomic mass is 10.1. The number of amides is 1. The molecule has 0 saturated heterocycles. The number of thioether (sulfide) groups is 1. The summed E-state index contributed by atoms with van der Waals surface area (Å²) in [5.74, 6) is 0.486. The fraction of sp³-hybridized carbons (Fsp3) is 0.235. The second-order valence-corrected chi connectivity index (χ2v) is 6.91. The van der Waals surface area contributed by atoms with Crippen molar-refractivity contribution >= 4 is 33.6 Å². The summed E-state index contributed by atoms with van der Waals surface area (Å²) in [6.07, 6.45) is 0. The van der Waals surface area contributed by atoms with Gasteiger partial charge in [0.1, 0.15) is 0 Å². The molecule has 0 bridgehead atoms.